The number of anilines is 1. The fraction of sp³-hybridized carbons (Fsp3) is 0.167. The average molecular weight is 348 g/mol. The second-order valence-corrected chi connectivity index (χ2v) is 5.63. The van der Waals surface area contributed by atoms with Crippen molar-refractivity contribution in [1.29, 1.82) is 0 Å². The van der Waals surface area contributed by atoms with Gasteiger partial charge in [-0.3, -0.25) is 4.79 Å². The van der Waals surface area contributed by atoms with Gasteiger partial charge in [-0.05, 0) is 22.7 Å². The topological polar surface area (TPSA) is 124 Å². The van der Waals surface area contributed by atoms with Gasteiger partial charge in [-0.1, -0.05) is 47.6 Å². The molecule has 0 bridgehead atoms. The number of nitrogens with one attached hydrogen (secondary N) is 1. The van der Waals surface area contributed by atoms with Crippen LogP contribution in [-0.4, -0.2) is 27.6 Å². The molecule has 1 aromatic heterocycles. The van der Waals surface area contributed by atoms with Crippen LogP contribution in [0, 0.1) is 0 Å². The van der Waals surface area contributed by atoms with Gasteiger partial charge in [-0.15, -0.1) is 0 Å². The number of carboxylic acid groups (broad SMARTS) is 1. The Balaban J connectivity index is 2.00. The van der Waals surface area contributed by atoms with Crippen molar-refractivity contribution in [3.63, 3.8) is 0 Å². The minimum Gasteiger partial charge on any atom is -0.481 e. The van der Waals surface area contributed by atoms with Crippen molar-refractivity contribution in [2.45, 2.75) is 12.5 Å². The monoisotopic (exact) mass is 348 g/mol. The molecule has 0 saturated carbocycles. The van der Waals surface area contributed by atoms with Crippen LogP contribution in [0.1, 0.15) is 17.2 Å². The maximum atomic E-state index is 11.1. The van der Waals surface area contributed by atoms with Crippen molar-refractivity contribution in [2.24, 2.45) is 5.11 Å². The molecule has 8 nitrogen and oxygen atoms in total. The van der Waals surface area contributed by atoms with Gasteiger partial charge in [-0.2, -0.15) is 0 Å². The van der Waals surface area contributed by atoms with E-state index < -0.39 is 5.97 Å². The summed E-state index contributed by atoms with van der Waals surface area (Å²) in [6.07, 6.45) is 1.28. The van der Waals surface area contributed by atoms with Gasteiger partial charge in [0.1, 0.15) is 12.1 Å². The van der Waals surface area contributed by atoms with Gasteiger partial charge >= 0.3 is 5.97 Å². The lowest BCUT2D eigenvalue weighted by molar-refractivity contribution is -0.136. The molecule has 0 aliphatic heterocycles. The number of aliphatic carboxylic acids is 1. The number of carbonyl (C=O) groups is 1. The summed E-state index contributed by atoms with van der Waals surface area (Å²) in [5.74, 6) is -0.361. The molecule has 2 N–H and O–H groups in total. The quantitative estimate of drug-likeness (QED) is 0.382. The zero-order valence-corrected chi connectivity index (χ0v) is 13.8. The van der Waals surface area contributed by atoms with Gasteiger partial charge in [0.25, 0.3) is 0 Å². The summed E-state index contributed by atoms with van der Waals surface area (Å²) in [5, 5.41) is 16.8. The van der Waals surface area contributed by atoms with Crippen LogP contribution in [0.5, 0.6) is 0 Å². The number of carboxylic acids is 1. The molecule has 0 fully saturated rings. The smallest absolute Gasteiger partial charge is 0.307 e. The Kier molecular flexibility index (Phi) is 5.26. The van der Waals surface area contributed by atoms with Crippen molar-refractivity contribution in [2.75, 3.05) is 11.9 Å². The molecule has 8 heteroatoms. The van der Waals surface area contributed by atoms with Crippen LogP contribution in [0.2, 0.25) is 0 Å². The Morgan fingerprint density at radius 1 is 1.19 bits per heavy atom. The highest BCUT2D eigenvalue weighted by Gasteiger charge is 2.15. The number of para-hydroxylation sites is 1. The summed E-state index contributed by atoms with van der Waals surface area (Å²) in [6.45, 7) is 0.209. The molecule has 3 rings (SSSR count). The zero-order chi connectivity index (χ0) is 18.4. The maximum Gasteiger partial charge on any atom is 0.307 e. The number of azide groups is 1. The molecule has 26 heavy (non-hydrogen) atoms. The summed E-state index contributed by atoms with van der Waals surface area (Å²) >= 11 is 0. The lowest BCUT2D eigenvalue weighted by Crippen LogP contribution is -2.15. The van der Waals surface area contributed by atoms with E-state index in [0.29, 0.717) is 22.3 Å². The Morgan fingerprint density at radius 3 is 2.73 bits per heavy atom. The molecule has 0 unspecified atom stereocenters. The molecule has 2 aromatic carbocycles. The van der Waals surface area contributed by atoms with E-state index in [9.17, 15) is 4.79 Å². The minimum absolute atomic E-state index is 0.116. The molecule has 0 aliphatic carbocycles. The van der Waals surface area contributed by atoms with E-state index in [1.165, 1.54) is 6.33 Å². The molecule has 1 heterocycles. The number of hydrogen-bond donors (Lipinski definition) is 2. The predicted molar refractivity (Wildman–Crippen MR) is 97.7 cm³/mol. The fourth-order valence-corrected chi connectivity index (χ4v) is 2.77. The first-order chi connectivity index (χ1) is 12.7. The second-order valence-electron chi connectivity index (χ2n) is 5.63. The van der Waals surface area contributed by atoms with Crippen molar-refractivity contribution >= 4 is 22.7 Å². The number of fused-ring (bicyclic) bond motifs is 1. The van der Waals surface area contributed by atoms with E-state index in [1.807, 2.05) is 36.4 Å². The lowest BCUT2D eigenvalue weighted by atomic mass is 10.1. The number of rotatable bonds is 7. The molecule has 0 spiro atoms. The van der Waals surface area contributed by atoms with Crippen molar-refractivity contribution in [3.8, 4) is 0 Å². The summed E-state index contributed by atoms with van der Waals surface area (Å²) in [6, 6.07) is 14.7. The van der Waals surface area contributed by atoms with Crippen molar-refractivity contribution in [3.05, 3.63) is 76.4 Å². The molecule has 0 aliphatic rings. The van der Waals surface area contributed by atoms with Crippen LogP contribution >= 0.6 is 0 Å². The average Bonchev–Trinajstić information content (AvgIpc) is 2.66. The number of aromatic nitrogens is 2. The highest BCUT2D eigenvalue weighted by molar-refractivity contribution is 5.92. The van der Waals surface area contributed by atoms with Gasteiger partial charge in [0.05, 0.1) is 24.5 Å². The fourth-order valence-electron chi connectivity index (χ4n) is 2.77. The van der Waals surface area contributed by atoms with Crippen LogP contribution in [0.3, 0.4) is 0 Å². The zero-order valence-electron chi connectivity index (χ0n) is 13.8. The molecule has 0 radical (unpaired) electrons. The van der Waals surface area contributed by atoms with Crippen LogP contribution in [0.25, 0.3) is 21.3 Å². The summed E-state index contributed by atoms with van der Waals surface area (Å²) < 4.78 is 0. The molecular formula is C18H16N6O2. The van der Waals surface area contributed by atoms with E-state index >= 15 is 0 Å². The van der Waals surface area contributed by atoms with Gasteiger partial charge in [-0.25, -0.2) is 9.97 Å². The third-order valence-corrected chi connectivity index (χ3v) is 3.93. The van der Waals surface area contributed by atoms with E-state index in [4.69, 9.17) is 10.6 Å². The largest absolute Gasteiger partial charge is 0.481 e. The van der Waals surface area contributed by atoms with E-state index in [-0.39, 0.29) is 19.0 Å². The molecule has 3 aromatic rings. The van der Waals surface area contributed by atoms with E-state index in [2.05, 4.69) is 25.3 Å². The van der Waals surface area contributed by atoms with Crippen LogP contribution in [0.4, 0.5) is 5.82 Å². The highest BCUT2D eigenvalue weighted by Crippen LogP contribution is 2.26. The molecule has 1 atom stereocenters. The Hall–Kier alpha value is -3.64. The van der Waals surface area contributed by atoms with Gasteiger partial charge in [0, 0.05) is 10.3 Å². The van der Waals surface area contributed by atoms with E-state index in [1.54, 1.807) is 12.1 Å². The lowest BCUT2D eigenvalue weighted by Gasteiger charge is -2.19. The molecule has 0 amide bonds. The Morgan fingerprint density at radius 2 is 2.00 bits per heavy atom. The minimum atomic E-state index is -0.920. The number of hydrogen-bond acceptors (Lipinski definition) is 5. The maximum absolute atomic E-state index is 11.1. The third kappa shape index (κ3) is 3.88. The molecule has 0 saturated heterocycles. The Bertz CT molecular complexity index is 970. The Labute approximate surface area is 149 Å². The predicted octanol–water partition coefficient (Wildman–Crippen LogP) is 3.72. The standard InChI is InChI=1S/C18H16N6O2/c19-24-22-10-15(12-5-2-1-3-6-12)23-18-14-8-4-7-13(9-16(25)26)17(14)20-11-21-18/h1-8,11,15H,9-10H2,(H,25,26)(H,20,21,23)/t15-/m1/s1. The first kappa shape index (κ1) is 17.2. The summed E-state index contributed by atoms with van der Waals surface area (Å²) in [7, 11) is 0. The number of benzene rings is 2. The normalized spacial score (nSPS) is 11.5. The van der Waals surface area contributed by atoms with Crippen LogP contribution in [0.15, 0.2) is 60.0 Å². The van der Waals surface area contributed by atoms with Gasteiger partial charge < -0.3 is 10.4 Å². The summed E-state index contributed by atoms with van der Waals surface area (Å²) in [5.41, 5.74) is 10.8. The van der Waals surface area contributed by atoms with E-state index in [0.717, 1.165) is 5.56 Å². The third-order valence-electron chi connectivity index (χ3n) is 3.93. The summed E-state index contributed by atoms with van der Waals surface area (Å²) in [4.78, 5) is 22.4. The van der Waals surface area contributed by atoms with Crippen LogP contribution in [-0.2, 0) is 11.2 Å². The molecular weight excluding hydrogens is 332 g/mol. The number of nitrogens with zero attached hydrogens (tertiary/aromatic N) is 5. The van der Waals surface area contributed by atoms with Crippen LogP contribution < -0.4 is 5.32 Å². The van der Waals surface area contributed by atoms with Gasteiger partial charge in [0.2, 0.25) is 0 Å². The highest BCUT2D eigenvalue weighted by atomic mass is 16.4. The van der Waals surface area contributed by atoms with Gasteiger partial charge in [0.15, 0.2) is 0 Å². The van der Waals surface area contributed by atoms with Crippen molar-refractivity contribution in [1.82, 2.24) is 9.97 Å². The van der Waals surface area contributed by atoms with Crippen molar-refractivity contribution < 1.29 is 9.90 Å². The first-order valence-electron chi connectivity index (χ1n) is 7.95. The first-order valence-corrected chi connectivity index (χ1v) is 7.95. The SMILES string of the molecule is [N-]=[N+]=NC[C@@H](Nc1ncnc2c(CC(=O)O)cccc12)c1ccccc1. The molecule has 130 valence electrons. The second kappa shape index (κ2) is 7.96.